The second-order valence-electron chi connectivity index (χ2n) is 4.02. The van der Waals surface area contributed by atoms with E-state index in [0.717, 1.165) is 0 Å². The number of amides is 1. The zero-order valence-corrected chi connectivity index (χ0v) is 9.27. The number of nitrogens with zero attached hydrogens (tertiary/aromatic N) is 1. The van der Waals surface area contributed by atoms with E-state index in [1.807, 2.05) is 13.8 Å². The van der Waals surface area contributed by atoms with Crippen molar-refractivity contribution < 1.29 is 9.53 Å². The maximum atomic E-state index is 11.8. The van der Waals surface area contributed by atoms with Gasteiger partial charge in [0.1, 0.15) is 0 Å². The van der Waals surface area contributed by atoms with E-state index in [2.05, 4.69) is 5.92 Å². The molecule has 3 atom stereocenters. The highest BCUT2D eigenvalue weighted by molar-refractivity contribution is 5.82. The highest BCUT2D eigenvalue weighted by Gasteiger charge is 2.28. The van der Waals surface area contributed by atoms with Crippen LogP contribution in [-0.4, -0.2) is 42.1 Å². The molecular formula is C11H18N2O2. The molecule has 0 aromatic rings. The van der Waals surface area contributed by atoms with Gasteiger partial charge in [-0.3, -0.25) is 4.79 Å². The predicted octanol–water partition coefficient (Wildman–Crippen LogP) is -0.0272. The molecular weight excluding hydrogens is 192 g/mol. The largest absolute Gasteiger partial charge is 0.372 e. The third-order valence-electron chi connectivity index (χ3n) is 2.39. The smallest absolute Gasteiger partial charge is 0.240 e. The summed E-state index contributed by atoms with van der Waals surface area (Å²) in [6.07, 6.45) is 5.55. The van der Waals surface area contributed by atoms with Crippen LogP contribution in [0.1, 0.15) is 20.3 Å². The monoisotopic (exact) mass is 210 g/mol. The van der Waals surface area contributed by atoms with Gasteiger partial charge >= 0.3 is 0 Å². The first-order valence-electron chi connectivity index (χ1n) is 5.18. The summed E-state index contributed by atoms with van der Waals surface area (Å²) in [6, 6.07) is -0.576. The molecule has 1 saturated heterocycles. The molecule has 0 bridgehead atoms. The van der Waals surface area contributed by atoms with Gasteiger partial charge in [-0.25, -0.2) is 0 Å². The van der Waals surface area contributed by atoms with Crippen LogP contribution in [0.25, 0.3) is 0 Å². The van der Waals surface area contributed by atoms with Gasteiger partial charge in [0.25, 0.3) is 0 Å². The number of hydrogen-bond donors (Lipinski definition) is 1. The number of carbonyl (C=O) groups excluding carboxylic acids is 1. The summed E-state index contributed by atoms with van der Waals surface area (Å²) >= 11 is 0. The SMILES string of the molecule is C#CCC(N)C(=O)N1C[C@@H](C)O[C@@H](C)C1. The normalized spacial score (nSPS) is 28.3. The number of rotatable bonds is 2. The molecule has 1 unspecified atom stereocenters. The van der Waals surface area contributed by atoms with E-state index in [9.17, 15) is 4.79 Å². The van der Waals surface area contributed by atoms with E-state index in [1.54, 1.807) is 4.90 Å². The summed E-state index contributed by atoms with van der Waals surface area (Å²) in [5, 5.41) is 0. The van der Waals surface area contributed by atoms with E-state index in [0.29, 0.717) is 19.5 Å². The lowest BCUT2D eigenvalue weighted by molar-refractivity contribution is -0.144. The van der Waals surface area contributed by atoms with Crippen LogP contribution in [-0.2, 0) is 9.53 Å². The molecule has 1 rings (SSSR count). The molecule has 1 aliphatic heterocycles. The molecule has 1 fully saturated rings. The maximum absolute atomic E-state index is 11.8. The molecule has 1 aliphatic rings. The van der Waals surface area contributed by atoms with Crippen molar-refractivity contribution in [3.05, 3.63) is 0 Å². The summed E-state index contributed by atoms with van der Waals surface area (Å²) < 4.78 is 5.53. The van der Waals surface area contributed by atoms with Crippen molar-refractivity contribution in [3.8, 4) is 12.3 Å². The minimum absolute atomic E-state index is 0.0655. The molecule has 1 amide bonds. The molecule has 2 N–H and O–H groups in total. The Morgan fingerprint density at radius 2 is 2.13 bits per heavy atom. The van der Waals surface area contributed by atoms with Crippen LogP contribution in [0.4, 0.5) is 0 Å². The Bertz CT molecular complexity index is 262. The fourth-order valence-corrected chi connectivity index (χ4v) is 1.81. The van der Waals surface area contributed by atoms with Crippen LogP contribution in [0.3, 0.4) is 0 Å². The van der Waals surface area contributed by atoms with Crippen molar-refractivity contribution in [1.29, 1.82) is 0 Å². The summed E-state index contributed by atoms with van der Waals surface area (Å²) in [5.41, 5.74) is 5.67. The zero-order chi connectivity index (χ0) is 11.4. The van der Waals surface area contributed by atoms with Crippen molar-refractivity contribution >= 4 is 5.91 Å². The van der Waals surface area contributed by atoms with E-state index >= 15 is 0 Å². The summed E-state index contributed by atoms with van der Waals surface area (Å²) in [4.78, 5) is 13.6. The molecule has 0 saturated carbocycles. The van der Waals surface area contributed by atoms with Gasteiger partial charge in [-0.1, -0.05) is 0 Å². The highest BCUT2D eigenvalue weighted by atomic mass is 16.5. The standard InChI is InChI=1S/C11H18N2O2/c1-4-5-10(12)11(14)13-6-8(2)15-9(3)7-13/h1,8-10H,5-7,12H2,2-3H3/t8-,9+,10?. The molecule has 0 spiro atoms. The Morgan fingerprint density at radius 3 is 2.60 bits per heavy atom. The van der Waals surface area contributed by atoms with Crippen molar-refractivity contribution in [2.24, 2.45) is 5.73 Å². The summed E-state index contributed by atoms with van der Waals surface area (Å²) in [5.74, 6) is 2.33. The second-order valence-corrected chi connectivity index (χ2v) is 4.02. The van der Waals surface area contributed by atoms with Gasteiger partial charge in [0.15, 0.2) is 0 Å². The van der Waals surface area contributed by atoms with Crippen LogP contribution in [0.2, 0.25) is 0 Å². The first kappa shape index (κ1) is 12.0. The van der Waals surface area contributed by atoms with E-state index < -0.39 is 6.04 Å². The third-order valence-corrected chi connectivity index (χ3v) is 2.39. The molecule has 15 heavy (non-hydrogen) atoms. The van der Waals surface area contributed by atoms with Gasteiger partial charge in [-0.15, -0.1) is 12.3 Å². The van der Waals surface area contributed by atoms with E-state index in [1.165, 1.54) is 0 Å². The topological polar surface area (TPSA) is 55.6 Å². The van der Waals surface area contributed by atoms with Gasteiger partial charge < -0.3 is 15.4 Å². The number of hydrogen-bond acceptors (Lipinski definition) is 3. The molecule has 1 heterocycles. The Labute approximate surface area is 90.8 Å². The van der Waals surface area contributed by atoms with Crippen LogP contribution in [0.15, 0.2) is 0 Å². The lowest BCUT2D eigenvalue weighted by atomic mass is 10.1. The van der Waals surface area contributed by atoms with Crippen molar-refractivity contribution in [3.63, 3.8) is 0 Å². The molecule has 0 aliphatic carbocycles. The molecule has 84 valence electrons. The minimum atomic E-state index is -0.576. The molecule has 0 aromatic heterocycles. The highest BCUT2D eigenvalue weighted by Crippen LogP contribution is 2.11. The lowest BCUT2D eigenvalue weighted by Crippen LogP contribution is -2.53. The number of terminal acetylenes is 1. The van der Waals surface area contributed by atoms with E-state index in [4.69, 9.17) is 16.9 Å². The number of ether oxygens (including phenoxy) is 1. The third kappa shape index (κ3) is 3.22. The Kier molecular flexibility index (Phi) is 4.13. The van der Waals surface area contributed by atoms with Crippen LogP contribution in [0, 0.1) is 12.3 Å². The maximum Gasteiger partial charge on any atom is 0.240 e. The summed E-state index contributed by atoms with van der Waals surface area (Å²) in [6.45, 7) is 5.09. The van der Waals surface area contributed by atoms with Crippen LogP contribution < -0.4 is 5.73 Å². The van der Waals surface area contributed by atoms with Crippen molar-refractivity contribution in [1.82, 2.24) is 4.90 Å². The molecule has 4 nitrogen and oxygen atoms in total. The first-order valence-corrected chi connectivity index (χ1v) is 5.18. The van der Waals surface area contributed by atoms with Gasteiger partial charge in [-0.2, -0.15) is 0 Å². The Hall–Kier alpha value is -1.05. The van der Waals surface area contributed by atoms with Gasteiger partial charge in [0.2, 0.25) is 5.91 Å². The average Bonchev–Trinajstić information content (AvgIpc) is 2.15. The van der Waals surface area contributed by atoms with Crippen molar-refractivity contribution in [2.45, 2.75) is 38.5 Å². The summed E-state index contributed by atoms with van der Waals surface area (Å²) in [7, 11) is 0. The van der Waals surface area contributed by atoms with Crippen LogP contribution in [0.5, 0.6) is 0 Å². The minimum Gasteiger partial charge on any atom is -0.372 e. The molecule has 0 radical (unpaired) electrons. The first-order chi connectivity index (χ1) is 7.04. The zero-order valence-electron chi connectivity index (χ0n) is 9.27. The molecule has 4 heteroatoms. The molecule has 0 aromatic carbocycles. The lowest BCUT2D eigenvalue weighted by Gasteiger charge is -2.36. The second kappa shape index (κ2) is 5.15. The van der Waals surface area contributed by atoms with Crippen molar-refractivity contribution in [2.75, 3.05) is 13.1 Å². The van der Waals surface area contributed by atoms with E-state index in [-0.39, 0.29) is 18.1 Å². The fraction of sp³-hybridized carbons (Fsp3) is 0.727. The number of carbonyl (C=O) groups is 1. The Morgan fingerprint density at radius 1 is 1.60 bits per heavy atom. The van der Waals surface area contributed by atoms with Gasteiger partial charge in [0, 0.05) is 19.5 Å². The van der Waals surface area contributed by atoms with Gasteiger partial charge in [-0.05, 0) is 13.8 Å². The average molecular weight is 210 g/mol. The van der Waals surface area contributed by atoms with Gasteiger partial charge in [0.05, 0.1) is 18.2 Å². The number of nitrogens with two attached hydrogens (primary N) is 1. The Balaban J connectivity index is 2.55. The number of morpholine rings is 1. The quantitative estimate of drug-likeness (QED) is 0.651. The fourth-order valence-electron chi connectivity index (χ4n) is 1.81. The van der Waals surface area contributed by atoms with Crippen LogP contribution >= 0.6 is 0 Å². The predicted molar refractivity (Wildman–Crippen MR) is 58.0 cm³/mol.